The van der Waals surface area contributed by atoms with Crippen LogP contribution in [-0.4, -0.2) is 33.3 Å². The molecule has 0 radical (unpaired) electrons. The zero-order chi connectivity index (χ0) is 18.6. The molecule has 0 unspecified atom stereocenters. The van der Waals surface area contributed by atoms with Crippen molar-refractivity contribution in [3.63, 3.8) is 0 Å². The molecule has 0 saturated carbocycles. The summed E-state index contributed by atoms with van der Waals surface area (Å²) in [5.74, 6) is -1.67. The summed E-state index contributed by atoms with van der Waals surface area (Å²) >= 11 is 0. The van der Waals surface area contributed by atoms with E-state index in [1.54, 1.807) is 25.3 Å². The summed E-state index contributed by atoms with van der Waals surface area (Å²) in [5, 5.41) is 0. The number of allylic oxidation sites excluding steroid dienone is 2. The minimum absolute atomic E-state index is 0.00313. The SMILES string of the molecule is COC(=O)C1=C(C(=O)OC)N(c2ccc(F)c(C)c2OC)C=CC=C1. The molecule has 1 aromatic carbocycles. The minimum atomic E-state index is -0.749. The van der Waals surface area contributed by atoms with Crippen LogP contribution in [0.5, 0.6) is 5.75 Å². The lowest BCUT2D eigenvalue weighted by Gasteiger charge is -2.25. The highest BCUT2D eigenvalue weighted by Gasteiger charge is 2.29. The summed E-state index contributed by atoms with van der Waals surface area (Å²) < 4.78 is 28.7. The maximum atomic E-state index is 13.9. The average molecular weight is 347 g/mol. The van der Waals surface area contributed by atoms with E-state index in [4.69, 9.17) is 14.2 Å². The Morgan fingerprint density at radius 3 is 2.32 bits per heavy atom. The van der Waals surface area contributed by atoms with Gasteiger partial charge in [-0.3, -0.25) is 0 Å². The lowest BCUT2D eigenvalue weighted by Crippen LogP contribution is -2.27. The van der Waals surface area contributed by atoms with Crippen LogP contribution in [0, 0.1) is 12.7 Å². The fourth-order valence-corrected chi connectivity index (χ4v) is 2.45. The molecule has 0 spiro atoms. The zero-order valence-corrected chi connectivity index (χ0v) is 14.3. The van der Waals surface area contributed by atoms with E-state index in [0.717, 1.165) is 0 Å². The Balaban J connectivity index is 2.76. The van der Waals surface area contributed by atoms with E-state index in [0.29, 0.717) is 5.69 Å². The third-order valence-corrected chi connectivity index (χ3v) is 3.67. The number of rotatable bonds is 4. The van der Waals surface area contributed by atoms with Crippen LogP contribution >= 0.6 is 0 Å². The van der Waals surface area contributed by atoms with Gasteiger partial charge in [-0.05, 0) is 31.2 Å². The van der Waals surface area contributed by atoms with Gasteiger partial charge in [0.15, 0.2) is 0 Å². The first-order chi connectivity index (χ1) is 12.0. The minimum Gasteiger partial charge on any atom is -0.494 e. The van der Waals surface area contributed by atoms with Crippen molar-refractivity contribution in [3.05, 3.63) is 59.2 Å². The topological polar surface area (TPSA) is 65.1 Å². The Kier molecular flexibility index (Phi) is 5.59. The molecular formula is C18H18FNO5. The summed E-state index contributed by atoms with van der Waals surface area (Å²) in [7, 11) is 3.81. The predicted octanol–water partition coefficient (Wildman–Crippen LogP) is 2.63. The van der Waals surface area contributed by atoms with E-state index < -0.39 is 17.8 Å². The Morgan fingerprint density at radius 2 is 1.72 bits per heavy atom. The number of anilines is 1. The molecule has 1 heterocycles. The van der Waals surface area contributed by atoms with Crippen molar-refractivity contribution in [2.45, 2.75) is 6.92 Å². The van der Waals surface area contributed by atoms with Crippen LogP contribution in [-0.2, 0) is 19.1 Å². The van der Waals surface area contributed by atoms with Crippen molar-refractivity contribution in [3.8, 4) is 5.75 Å². The van der Waals surface area contributed by atoms with Crippen LogP contribution in [0.25, 0.3) is 0 Å². The summed E-state index contributed by atoms with van der Waals surface area (Å²) in [4.78, 5) is 25.9. The van der Waals surface area contributed by atoms with Crippen LogP contribution in [0.15, 0.2) is 47.8 Å². The van der Waals surface area contributed by atoms with E-state index in [2.05, 4.69) is 0 Å². The summed E-state index contributed by atoms with van der Waals surface area (Å²) in [5.41, 5.74) is 0.588. The molecule has 1 aliphatic heterocycles. The van der Waals surface area contributed by atoms with Crippen LogP contribution < -0.4 is 9.64 Å². The molecule has 7 heteroatoms. The van der Waals surface area contributed by atoms with E-state index in [-0.39, 0.29) is 22.6 Å². The van der Waals surface area contributed by atoms with E-state index in [1.807, 2.05) is 0 Å². The molecule has 0 aromatic heterocycles. The van der Waals surface area contributed by atoms with Crippen molar-refractivity contribution in [2.75, 3.05) is 26.2 Å². The number of carbonyl (C=O) groups is 2. The molecule has 0 aliphatic carbocycles. The van der Waals surface area contributed by atoms with Crippen LogP contribution in [0.2, 0.25) is 0 Å². The molecule has 0 N–H and O–H groups in total. The molecule has 0 amide bonds. The van der Waals surface area contributed by atoms with E-state index >= 15 is 0 Å². The molecule has 25 heavy (non-hydrogen) atoms. The number of nitrogens with zero attached hydrogens (tertiary/aromatic N) is 1. The first kappa shape index (κ1) is 18.3. The van der Waals surface area contributed by atoms with E-state index in [1.165, 1.54) is 44.4 Å². The van der Waals surface area contributed by atoms with Crippen LogP contribution in [0.1, 0.15) is 5.56 Å². The Labute approximate surface area is 144 Å². The normalized spacial score (nSPS) is 13.6. The highest BCUT2D eigenvalue weighted by atomic mass is 19.1. The lowest BCUT2D eigenvalue weighted by atomic mass is 10.1. The molecule has 1 aliphatic rings. The first-order valence-corrected chi connectivity index (χ1v) is 7.34. The number of ether oxygens (including phenoxy) is 3. The Morgan fingerprint density at radius 1 is 1.04 bits per heavy atom. The molecule has 132 valence electrons. The highest BCUT2D eigenvalue weighted by Crippen LogP contribution is 2.37. The molecule has 1 aromatic rings. The maximum absolute atomic E-state index is 13.9. The third-order valence-electron chi connectivity index (χ3n) is 3.67. The molecule has 0 bridgehead atoms. The molecule has 2 rings (SSSR count). The largest absolute Gasteiger partial charge is 0.494 e. The Hall–Kier alpha value is -3.09. The van der Waals surface area contributed by atoms with Gasteiger partial charge in [-0.1, -0.05) is 6.08 Å². The number of methoxy groups -OCH3 is 3. The van der Waals surface area contributed by atoms with Gasteiger partial charge in [0, 0.05) is 11.8 Å². The summed E-state index contributed by atoms with van der Waals surface area (Å²) in [6, 6.07) is 2.71. The molecular weight excluding hydrogens is 329 g/mol. The van der Waals surface area contributed by atoms with Gasteiger partial charge in [0.05, 0.1) is 32.6 Å². The first-order valence-electron chi connectivity index (χ1n) is 7.34. The van der Waals surface area contributed by atoms with Crippen molar-refractivity contribution >= 4 is 17.6 Å². The van der Waals surface area contributed by atoms with Gasteiger partial charge in [-0.25, -0.2) is 14.0 Å². The summed E-state index contributed by atoms with van der Waals surface area (Å²) in [6.45, 7) is 1.56. The highest BCUT2D eigenvalue weighted by molar-refractivity contribution is 6.05. The van der Waals surface area contributed by atoms with Gasteiger partial charge in [0.2, 0.25) is 0 Å². The predicted molar refractivity (Wildman–Crippen MR) is 89.5 cm³/mol. The van der Waals surface area contributed by atoms with Crippen molar-refractivity contribution in [1.29, 1.82) is 0 Å². The van der Waals surface area contributed by atoms with Gasteiger partial charge in [-0.15, -0.1) is 0 Å². The van der Waals surface area contributed by atoms with Crippen molar-refractivity contribution < 1.29 is 28.2 Å². The van der Waals surface area contributed by atoms with Crippen molar-refractivity contribution in [2.24, 2.45) is 0 Å². The molecule has 6 nitrogen and oxygen atoms in total. The van der Waals surface area contributed by atoms with Gasteiger partial charge in [-0.2, -0.15) is 0 Å². The number of esters is 2. The standard InChI is InChI=1S/C18H18FNO5/c1-11-13(19)8-9-14(16(11)23-2)20-10-6-5-7-12(17(21)24-3)15(20)18(22)25-4/h5-10H,1-4H3. The quantitative estimate of drug-likeness (QED) is 0.780. The number of benzene rings is 1. The maximum Gasteiger partial charge on any atom is 0.355 e. The molecule has 0 atom stereocenters. The van der Waals surface area contributed by atoms with Gasteiger partial charge in [0.1, 0.15) is 17.3 Å². The second-order valence-electron chi connectivity index (χ2n) is 5.04. The number of hydrogen-bond acceptors (Lipinski definition) is 6. The third kappa shape index (κ3) is 3.40. The summed E-state index contributed by atoms with van der Waals surface area (Å²) in [6.07, 6.45) is 6.19. The molecule has 0 saturated heterocycles. The smallest absolute Gasteiger partial charge is 0.355 e. The zero-order valence-electron chi connectivity index (χ0n) is 14.3. The van der Waals surface area contributed by atoms with Crippen molar-refractivity contribution in [1.82, 2.24) is 0 Å². The lowest BCUT2D eigenvalue weighted by molar-refractivity contribution is -0.139. The number of carbonyl (C=O) groups excluding carboxylic acids is 2. The second kappa shape index (κ2) is 7.65. The van der Waals surface area contributed by atoms with E-state index in [9.17, 15) is 14.0 Å². The van der Waals surface area contributed by atoms with Crippen LogP contribution in [0.4, 0.5) is 10.1 Å². The number of halogens is 1. The van der Waals surface area contributed by atoms with Gasteiger partial charge < -0.3 is 19.1 Å². The fourth-order valence-electron chi connectivity index (χ4n) is 2.45. The second-order valence-corrected chi connectivity index (χ2v) is 5.04. The average Bonchev–Trinajstić information content (AvgIpc) is 2.85. The molecule has 0 fully saturated rings. The fraction of sp³-hybridized carbons (Fsp3) is 0.222. The van der Waals surface area contributed by atoms with Gasteiger partial charge >= 0.3 is 11.9 Å². The number of hydrogen-bond donors (Lipinski definition) is 0. The monoisotopic (exact) mass is 347 g/mol. The van der Waals surface area contributed by atoms with Gasteiger partial charge in [0.25, 0.3) is 0 Å². The Bertz CT molecular complexity index is 795. The van der Waals surface area contributed by atoms with Crippen LogP contribution in [0.3, 0.4) is 0 Å².